The van der Waals surface area contributed by atoms with Crippen LogP contribution in [0.3, 0.4) is 0 Å². The molecule has 0 spiro atoms. The molecule has 0 amide bonds. The van der Waals surface area contributed by atoms with Crippen molar-refractivity contribution in [3.8, 4) is 0 Å². The molecule has 0 bridgehead atoms. The third-order valence-electron chi connectivity index (χ3n) is 2.09. The molecular weight excluding hydrogens is 393 g/mol. The van der Waals surface area contributed by atoms with Gasteiger partial charge in [0.15, 0.2) is 5.96 Å². The summed E-state index contributed by atoms with van der Waals surface area (Å²) in [6, 6.07) is 4.00. The Morgan fingerprint density at radius 1 is 1.37 bits per heavy atom. The zero-order valence-corrected chi connectivity index (χ0v) is 15.8. The number of halogens is 2. The van der Waals surface area contributed by atoms with E-state index in [1.54, 1.807) is 11.3 Å². The second-order valence-electron chi connectivity index (χ2n) is 5.09. The van der Waals surface area contributed by atoms with Gasteiger partial charge in [0.05, 0.1) is 4.34 Å². The van der Waals surface area contributed by atoms with Crippen LogP contribution >= 0.6 is 46.9 Å². The number of rotatable bonds is 4. The summed E-state index contributed by atoms with van der Waals surface area (Å²) in [4.78, 5) is 5.83. The molecule has 0 atom stereocenters. The second kappa shape index (κ2) is 9.02. The van der Waals surface area contributed by atoms with Crippen LogP contribution in [0.4, 0.5) is 0 Å². The molecule has 2 N–H and O–H groups in total. The molecule has 0 aliphatic rings. The molecule has 1 aromatic rings. The SMILES string of the molecule is CCNC(=NCCc1ccc(Cl)s1)NC(C)(C)C.I. The zero-order chi connectivity index (χ0) is 13.6. The predicted octanol–water partition coefficient (Wildman–Crippen LogP) is 3.92. The third kappa shape index (κ3) is 8.70. The number of hydrogen-bond donors (Lipinski definition) is 2. The first-order valence-electron chi connectivity index (χ1n) is 6.21. The molecule has 0 aromatic carbocycles. The van der Waals surface area contributed by atoms with E-state index in [2.05, 4.69) is 49.4 Å². The smallest absolute Gasteiger partial charge is 0.191 e. The van der Waals surface area contributed by atoms with E-state index >= 15 is 0 Å². The van der Waals surface area contributed by atoms with Crippen molar-refractivity contribution in [3.05, 3.63) is 21.3 Å². The number of hydrogen-bond acceptors (Lipinski definition) is 2. The molecular formula is C13H23ClIN3S. The van der Waals surface area contributed by atoms with Gasteiger partial charge in [-0.3, -0.25) is 4.99 Å². The van der Waals surface area contributed by atoms with Gasteiger partial charge in [-0.2, -0.15) is 0 Å². The van der Waals surface area contributed by atoms with E-state index in [0.717, 1.165) is 29.8 Å². The fraction of sp³-hybridized carbons (Fsp3) is 0.615. The highest BCUT2D eigenvalue weighted by atomic mass is 127. The average Bonchev–Trinajstić information content (AvgIpc) is 2.62. The fourth-order valence-corrected chi connectivity index (χ4v) is 2.50. The Morgan fingerprint density at radius 2 is 2.05 bits per heavy atom. The molecule has 0 aliphatic carbocycles. The van der Waals surface area contributed by atoms with Gasteiger partial charge in [-0.25, -0.2) is 0 Å². The van der Waals surface area contributed by atoms with Gasteiger partial charge in [-0.05, 0) is 39.8 Å². The first-order valence-corrected chi connectivity index (χ1v) is 7.41. The molecule has 6 heteroatoms. The summed E-state index contributed by atoms with van der Waals surface area (Å²) in [5.74, 6) is 0.868. The van der Waals surface area contributed by atoms with Crippen molar-refractivity contribution < 1.29 is 0 Å². The number of aliphatic imine (C=N–C) groups is 1. The third-order valence-corrected chi connectivity index (χ3v) is 3.39. The largest absolute Gasteiger partial charge is 0.357 e. The lowest BCUT2D eigenvalue weighted by atomic mass is 10.1. The molecule has 1 aromatic heterocycles. The second-order valence-corrected chi connectivity index (χ2v) is 6.89. The minimum absolute atomic E-state index is 0. The Hall–Kier alpha value is -0.0100. The quantitative estimate of drug-likeness (QED) is 0.444. The maximum atomic E-state index is 5.90. The standard InChI is InChI=1S/C13H22ClN3S.HI/c1-5-15-12(17-13(2,3)4)16-9-8-10-6-7-11(14)18-10;/h6-7H,5,8-9H2,1-4H3,(H2,15,16,17);1H. The highest BCUT2D eigenvalue weighted by Gasteiger charge is 2.11. The Bertz CT molecular complexity index is 399. The average molecular weight is 416 g/mol. The lowest BCUT2D eigenvalue weighted by molar-refractivity contribution is 0.501. The maximum absolute atomic E-state index is 5.90. The molecule has 0 fully saturated rings. The summed E-state index contributed by atoms with van der Waals surface area (Å²) in [6.45, 7) is 10.1. The number of nitrogens with one attached hydrogen (secondary N) is 2. The predicted molar refractivity (Wildman–Crippen MR) is 97.3 cm³/mol. The van der Waals surface area contributed by atoms with Crippen molar-refractivity contribution in [1.82, 2.24) is 10.6 Å². The number of nitrogens with zero attached hydrogens (tertiary/aromatic N) is 1. The maximum Gasteiger partial charge on any atom is 0.191 e. The topological polar surface area (TPSA) is 36.4 Å². The molecule has 0 aliphatic heterocycles. The Morgan fingerprint density at radius 3 is 2.53 bits per heavy atom. The first kappa shape index (κ1) is 19.0. The molecule has 19 heavy (non-hydrogen) atoms. The van der Waals surface area contributed by atoms with Gasteiger partial charge in [0.1, 0.15) is 0 Å². The zero-order valence-electron chi connectivity index (χ0n) is 11.9. The van der Waals surface area contributed by atoms with Crippen LogP contribution in [0, 0.1) is 0 Å². The van der Waals surface area contributed by atoms with Crippen molar-refractivity contribution in [1.29, 1.82) is 0 Å². The summed E-state index contributed by atoms with van der Waals surface area (Å²) in [5.41, 5.74) is 0.0211. The number of guanidine groups is 1. The Balaban J connectivity index is 0.00000324. The van der Waals surface area contributed by atoms with Crippen LogP contribution in [0.2, 0.25) is 4.34 Å². The summed E-state index contributed by atoms with van der Waals surface area (Å²) >= 11 is 7.52. The van der Waals surface area contributed by atoms with Crippen molar-refractivity contribution in [2.45, 2.75) is 39.7 Å². The highest BCUT2D eigenvalue weighted by molar-refractivity contribution is 14.0. The minimum Gasteiger partial charge on any atom is -0.357 e. The van der Waals surface area contributed by atoms with Crippen LogP contribution in [0.1, 0.15) is 32.6 Å². The highest BCUT2D eigenvalue weighted by Crippen LogP contribution is 2.21. The molecule has 1 rings (SSSR count). The van der Waals surface area contributed by atoms with E-state index in [1.807, 2.05) is 6.07 Å². The van der Waals surface area contributed by atoms with Crippen molar-refractivity contribution >= 4 is 52.9 Å². The van der Waals surface area contributed by atoms with E-state index in [4.69, 9.17) is 11.6 Å². The van der Waals surface area contributed by atoms with Crippen LogP contribution in [-0.4, -0.2) is 24.6 Å². The van der Waals surface area contributed by atoms with E-state index in [9.17, 15) is 0 Å². The van der Waals surface area contributed by atoms with E-state index < -0.39 is 0 Å². The van der Waals surface area contributed by atoms with Crippen LogP contribution in [0.5, 0.6) is 0 Å². The van der Waals surface area contributed by atoms with Crippen molar-refractivity contribution in [2.75, 3.05) is 13.1 Å². The lowest BCUT2D eigenvalue weighted by Crippen LogP contribution is -2.47. The van der Waals surface area contributed by atoms with Gasteiger partial charge in [0.2, 0.25) is 0 Å². The summed E-state index contributed by atoms with van der Waals surface area (Å²) < 4.78 is 0.841. The molecule has 110 valence electrons. The van der Waals surface area contributed by atoms with Crippen LogP contribution < -0.4 is 10.6 Å². The minimum atomic E-state index is 0. The summed E-state index contributed by atoms with van der Waals surface area (Å²) in [5, 5.41) is 6.61. The van der Waals surface area contributed by atoms with Gasteiger partial charge in [-0.1, -0.05) is 11.6 Å². The molecule has 3 nitrogen and oxygen atoms in total. The van der Waals surface area contributed by atoms with Gasteiger partial charge in [0, 0.05) is 29.9 Å². The van der Waals surface area contributed by atoms with Gasteiger partial charge in [0.25, 0.3) is 0 Å². The summed E-state index contributed by atoms with van der Waals surface area (Å²) in [7, 11) is 0. The normalized spacial score (nSPS) is 11.9. The molecule has 0 unspecified atom stereocenters. The van der Waals surface area contributed by atoms with Crippen LogP contribution in [0.25, 0.3) is 0 Å². The molecule has 0 saturated heterocycles. The first-order chi connectivity index (χ1) is 8.40. The van der Waals surface area contributed by atoms with E-state index in [0.29, 0.717) is 0 Å². The van der Waals surface area contributed by atoms with Crippen LogP contribution in [-0.2, 0) is 6.42 Å². The summed E-state index contributed by atoms with van der Waals surface area (Å²) in [6.07, 6.45) is 0.929. The van der Waals surface area contributed by atoms with Crippen molar-refractivity contribution in [2.24, 2.45) is 4.99 Å². The molecule has 1 heterocycles. The molecule has 0 radical (unpaired) electrons. The van der Waals surface area contributed by atoms with Crippen LogP contribution in [0.15, 0.2) is 17.1 Å². The van der Waals surface area contributed by atoms with E-state index in [1.165, 1.54) is 4.88 Å². The van der Waals surface area contributed by atoms with Crippen molar-refractivity contribution in [3.63, 3.8) is 0 Å². The molecule has 0 saturated carbocycles. The monoisotopic (exact) mass is 415 g/mol. The number of thiophene rings is 1. The van der Waals surface area contributed by atoms with E-state index in [-0.39, 0.29) is 29.5 Å². The Labute approximate surface area is 142 Å². The van der Waals surface area contributed by atoms with Gasteiger partial charge >= 0.3 is 0 Å². The van der Waals surface area contributed by atoms with Gasteiger partial charge < -0.3 is 10.6 Å². The van der Waals surface area contributed by atoms with Gasteiger partial charge in [-0.15, -0.1) is 35.3 Å². The fourth-order valence-electron chi connectivity index (χ4n) is 1.43. The Kier molecular flexibility index (Phi) is 9.02. The lowest BCUT2D eigenvalue weighted by Gasteiger charge is -2.23.